The average Bonchev–Trinajstić information content (AvgIpc) is 2.64. The van der Waals surface area contributed by atoms with Gasteiger partial charge in [0.1, 0.15) is 0 Å². The first-order chi connectivity index (χ1) is 12.6. The van der Waals surface area contributed by atoms with Crippen molar-refractivity contribution in [3.8, 4) is 0 Å². The van der Waals surface area contributed by atoms with E-state index in [1.807, 2.05) is 0 Å². The molecule has 0 aromatic heterocycles. The highest BCUT2D eigenvalue weighted by atomic mass is 14.2. The summed E-state index contributed by atoms with van der Waals surface area (Å²) in [6.07, 6.45) is 16.2. The summed E-state index contributed by atoms with van der Waals surface area (Å²) >= 11 is 0. The van der Waals surface area contributed by atoms with Crippen LogP contribution in [0.5, 0.6) is 0 Å². The summed E-state index contributed by atoms with van der Waals surface area (Å²) in [5, 5.41) is 0. The van der Waals surface area contributed by atoms with Gasteiger partial charge in [0, 0.05) is 0 Å². The Hall–Kier alpha value is -0.780. The highest BCUT2D eigenvalue weighted by molar-refractivity contribution is 5.15. The molecule has 0 radical (unpaired) electrons. The Labute approximate surface area is 172 Å². The predicted octanol–water partition coefficient (Wildman–Crippen LogP) is 9.24. The van der Waals surface area contributed by atoms with Crippen LogP contribution in [0.3, 0.4) is 0 Å². The molecule has 0 N–H and O–H groups in total. The van der Waals surface area contributed by atoms with E-state index < -0.39 is 0 Å². The highest BCUT2D eigenvalue weighted by Gasteiger charge is 2.14. The Morgan fingerprint density at radius 1 is 0.667 bits per heavy atom. The normalized spacial score (nSPS) is 19.4. The van der Waals surface area contributed by atoms with Crippen LogP contribution in [0.15, 0.2) is 35.5 Å². The van der Waals surface area contributed by atoms with Crippen LogP contribution in [0.25, 0.3) is 0 Å². The van der Waals surface area contributed by atoms with E-state index in [1.165, 1.54) is 43.3 Å². The maximum Gasteiger partial charge on any atom is -0.0231 e. The Kier molecular flexibility index (Phi) is 13.8. The molecule has 0 nitrogen and oxygen atoms in total. The van der Waals surface area contributed by atoms with Crippen LogP contribution >= 0.6 is 0 Å². The lowest BCUT2D eigenvalue weighted by atomic mass is 9.84. The van der Waals surface area contributed by atoms with Crippen LogP contribution in [0.4, 0.5) is 0 Å². The minimum Gasteiger partial charge on any atom is -0.0852 e. The van der Waals surface area contributed by atoms with Crippen molar-refractivity contribution in [1.82, 2.24) is 0 Å². The molecule has 0 heteroatoms. The number of hydrogen-bond acceptors (Lipinski definition) is 0. The lowest BCUT2D eigenvalue weighted by molar-refractivity contribution is 0.363. The maximum absolute atomic E-state index is 2.49. The molecule has 0 aliphatic carbocycles. The van der Waals surface area contributed by atoms with Gasteiger partial charge in [-0.1, -0.05) is 96.8 Å². The SMILES string of the molecule is CCC(C)CCC(C)C(C)/C=C\C(C)C(C)CCC(C)/C(C)=C/C=C(C)C. The average molecular weight is 375 g/mol. The molecule has 0 fully saturated rings. The fraction of sp³-hybridized carbons (Fsp3) is 0.778. The summed E-state index contributed by atoms with van der Waals surface area (Å²) in [4.78, 5) is 0. The summed E-state index contributed by atoms with van der Waals surface area (Å²) in [7, 11) is 0. The van der Waals surface area contributed by atoms with Crippen molar-refractivity contribution in [2.24, 2.45) is 35.5 Å². The van der Waals surface area contributed by atoms with Crippen molar-refractivity contribution >= 4 is 0 Å². The van der Waals surface area contributed by atoms with Gasteiger partial charge in [-0.25, -0.2) is 0 Å². The molecule has 0 saturated heterocycles. The molecule has 0 aliphatic rings. The van der Waals surface area contributed by atoms with E-state index in [0.29, 0.717) is 17.8 Å². The number of allylic oxidation sites excluding steroid dienone is 6. The molecule has 0 rings (SSSR count). The second-order valence-electron chi connectivity index (χ2n) is 9.78. The quantitative estimate of drug-likeness (QED) is 0.222. The summed E-state index contributed by atoms with van der Waals surface area (Å²) in [6, 6.07) is 0. The van der Waals surface area contributed by atoms with Crippen LogP contribution in [0.1, 0.15) is 101 Å². The topological polar surface area (TPSA) is 0 Å². The van der Waals surface area contributed by atoms with Gasteiger partial charge in [-0.3, -0.25) is 0 Å². The zero-order valence-corrected chi connectivity index (χ0v) is 20.3. The molecule has 0 spiro atoms. The van der Waals surface area contributed by atoms with Gasteiger partial charge < -0.3 is 0 Å². The van der Waals surface area contributed by atoms with Crippen molar-refractivity contribution in [2.45, 2.75) is 101 Å². The summed E-state index contributed by atoms with van der Waals surface area (Å²) in [5.41, 5.74) is 2.89. The van der Waals surface area contributed by atoms with Gasteiger partial charge >= 0.3 is 0 Å². The Balaban J connectivity index is 4.40. The zero-order valence-electron chi connectivity index (χ0n) is 20.3. The Morgan fingerprint density at radius 2 is 1.15 bits per heavy atom. The lowest BCUT2D eigenvalue weighted by Gasteiger charge is -2.22. The molecule has 27 heavy (non-hydrogen) atoms. The molecule has 0 aromatic rings. The minimum atomic E-state index is 0.670. The first-order valence-corrected chi connectivity index (χ1v) is 11.6. The fourth-order valence-electron chi connectivity index (χ4n) is 3.21. The Morgan fingerprint density at radius 3 is 1.59 bits per heavy atom. The summed E-state index contributed by atoms with van der Waals surface area (Å²) in [5.74, 6) is 4.46. The summed E-state index contributed by atoms with van der Waals surface area (Å²) < 4.78 is 0. The molecular formula is C27H50. The van der Waals surface area contributed by atoms with E-state index in [2.05, 4.69) is 93.5 Å². The van der Waals surface area contributed by atoms with Crippen LogP contribution in [0, 0.1) is 35.5 Å². The van der Waals surface area contributed by atoms with Crippen LogP contribution in [0.2, 0.25) is 0 Å². The molecule has 0 aromatic carbocycles. The van der Waals surface area contributed by atoms with Crippen LogP contribution < -0.4 is 0 Å². The molecule has 6 atom stereocenters. The molecule has 0 aliphatic heterocycles. The number of rotatable bonds is 13. The molecule has 6 unspecified atom stereocenters. The largest absolute Gasteiger partial charge is 0.0852 e. The van der Waals surface area contributed by atoms with Crippen molar-refractivity contribution < 1.29 is 0 Å². The third-order valence-electron chi connectivity index (χ3n) is 6.84. The summed E-state index contributed by atoms with van der Waals surface area (Å²) in [6.45, 7) is 23.3. The molecule has 0 saturated carbocycles. The van der Waals surface area contributed by atoms with Gasteiger partial charge in [0.05, 0.1) is 0 Å². The van der Waals surface area contributed by atoms with Gasteiger partial charge in [-0.15, -0.1) is 0 Å². The minimum absolute atomic E-state index is 0.670. The first-order valence-electron chi connectivity index (χ1n) is 11.6. The van der Waals surface area contributed by atoms with Crippen molar-refractivity contribution in [3.63, 3.8) is 0 Å². The first kappa shape index (κ1) is 26.2. The van der Waals surface area contributed by atoms with E-state index in [-0.39, 0.29) is 0 Å². The standard InChI is InChI=1S/C27H50/c1-11-21(4)13-15-23(6)25(8)17-19-27(10)26(9)18-16-24(7)22(5)14-12-20(2)3/h12,14,17,19,21,23-27H,11,13,15-16,18H2,1-10H3/b19-17-,22-14+. The van der Waals surface area contributed by atoms with Crippen molar-refractivity contribution in [1.29, 1.82) is 0 Å². The monoisotopic (exact) mass is 374 g/mol. The van der Waals surface area contributed by atoms with Crippen molar-refractivity contribution in [2.75, 3.05) is 0 Å². The molecule has 0 heterocycles. The van der Waals surface area contributed by atoms with E-state index in [1.54, 1.807) is 0 Å². The van der Waals surface area contributed by atoms with Gasteiger partial charge in [0.2, 0.25) is 0 Å². The fourth-order valence-corrected chi connectivity index (χ4v) is 3.21. The van der Waals surface area contributed by atoms with Gasteiger partial charge in [0.15, 0.2) is 0 Å². The van der Waals surface area contributed by atoms with Gasteiger partial charge in [-0.2, -0.15) is 0 Å². The second-order valence-corrected chi connectivity index (χ2v) is 9.78. The smallest absolute Gasteiger partial charge is 0.0231 e. The van der Waals surface area contributed by atoms with Crippen LogP contribution in [-0.2, 0) is 0 Å². The van der Waals surface area contributed by atoms with Gasteiger partial charge in [0.25, 0.3) is 0 Å². The maximum atomic E-state index is 2.49. The third kappa shape index (κ3) is 12.3. The van der Waals surface area contributed by atoms with Gasteiger partial charge in [-0.05, 0) is 75.5 Å². The van der Waals surface area contributed by atoms with E-state index >= 15 is 0 Å². The highest BCUT2D eigenvalue weighted by Crippen LogP contribution is 2.26. The predicted molar refractivity (Wildman–Crippen MR) is 126 cm³/mol. The lowest BCUT2D eigenvalue weighted by Crippen LogP contribution is -2.10. The molecule has 158 valence electrons. The Bertz CT molecular complexity index is 460. The zero-order chi connectivity index (χ0) is 21.0. The third-order valence-corrected chi connectivity index (χ3v) is 6.84. The molecule has 0 bridgehead atoms. The van der Waals surface area contributed by atoms with E-state index in [0.717, 1.165) is 17.8 Å². The number of hydrogen-bond donors (Lipinski definition) is 0. The van der Waals surface area contributed by atoms with Crippen LogP contribution in [-0.4, -0.2) is 0 Å². The van der Waals surface area contributed by atoms with E-state index in [9.17, 15) is 0 Å². The molecule has 0 amide bonds. The second kappa shape index (κ2) is 14.3. The molecular weight excluding hydrogens is 324 g/mol. The van der Waals surface area contributed by atoms with Crippen molar-refractivity contribution in [3.05, 3.63) is 35.5 Å². The van der Waals surface area contributed by atoms with E-state index in [4.69, 9.17) is 0 Å².